The monoisotopic (exact) mass is 439 g/mol. The van der Waals surface area contributed by atoms with Crippen molar-refractivity contribution in [3.05, 3.63) is 76.5 Å². The van der Waals surface area contributed by atoms with Crippen molar-refractivity contribution in [2.45, 2.75) is 39.8 Å². The van der Waals surface area contributed by atoms with Gasteiger partial charge in [-0.3, -0.25) is 0 Å². The van der Waals surface area contributed by atoms with Gasteiger partial charge in [-0.15, -0.1) is 0 Å². The summed E-state index contributed by atoms with van der Waals surface area (Å²) in [4.78, 5) is 17.0. The molecule has 1 aromatic heterocycles. The molecular formula is C26H24F3NO2. The summed E-state index contributed by atoms with van der Waals surface area (Å²) >= 11 is 0. The maximum Gasteiger partial charge on any atom is 0.416 e. The molecule has 2 aromatic carbocycles. The van der Waals surface area contributed by atoms with E-state index in [1.54, 1.807) is 30.3 Å². The van der Waals surface area contributed by atoms with E-state index in [0.29, 0.717) is 40.6 Å². The fraction of sp³-hybridized carbons (Fsp3) is 0.308. The van der Waals surface area contributed by atoms with E-state index in [-0.39, 0.29) is 22.5 Å². The van der Waals surface area contributed by atoms with E-state index >= 15 is 0 Å². The molecule has 1 aliphatic carbocycles. The fourth-order valence-electron chi connectivity index (χ4n) is 4.45. The van der Waals surface area contributed by atoms with Crippen LogP contribution in [0.15, 0.2) is 48.5 Å². The van der Waals surface area contributed by atoms with Crippen molar-refractivity contribution in [2.24, 2.45) is 11.3 Å². The van der Waals surface area contributed by atoms with Crippen LogP contribution in [0.3, 0.4) is 0 Å². The minimum Gasteiger partial charge on any atom is -0.478 e. The number of allylic oxidation sites excluding steroid dienone is 1. The van der Waals surface area contributed by atoms with Crippen LogP contribution in [0.25, 0.3) is 22.6 Å². The fourth-order valence-corrected chi connectivity index (χ4v) is 4.45. The number of rotatable bonds is 2. The van der Waals surface area contributed by atoms with Gasteiger partial charge in [0.1, 0.15) is 0 Å². The molecule has 0 saturated carbocycles. The first-order valence-corrected chi connectivity index (χ1v) is 10.5. The molecule has 0 spiro atoms. The summed E-state index contributed by atoms with van der Waals surface area (Å²) in [5.74, 6) is -0.996. The molecule has 32 heavy (non-hydrogen) atoms. The number of nitrogens with zero attached hydrogens (tertiary/aromatic N) is 1. The van der Waals surface area contributed by atoms with E-state index in [4.69, 9.17) is 4.98 Å². The van der Waals surface area contributed by atoms with Gasteiger partial charge in [-0.05, 0) is 59.1 Å². The molecule has 1 heterocycles. The number of carboxylic acid groups (broad SMARTS) is 1. The van der Waals surface area contributed by atoms with Gasteiger partial charge in [0.2, 0.25) is 0 Å². The van der Waals surface area contributed by atoms with Crippen LogP contribution in [-0.2, 0) is 12.6 Å². The number of benzene rings is 2. The number of carbonyl (C=O) groups is 1. The summed E-state index contributed by atoms with van der Waals surface area (Å²) in [6.07, 6.45) is -1.92. The molecule has 166 valence electrons. The number of halogens is 3. The van der Waals surface area contributed by atoms with Crippen LogP contribution in [0.2, 0.25) is 0 Å². The molecule has 3 aromatic rings. The molecule has 0 radical (unpaired) electrons. The lowest BCUT2D eigenvalue weighted by Crippen LogP contribution is -2.28. The summed E-state index contributed by atoms with van der Waals surface area (Å²) in [5, 5.41) is 10.6. The summed E-state index contributed by atoms with van der Waals surface area (Å²) < 4.78 is 40.9. The smallest absolute Gasteiger partial charge is 0.416 e. The van der Waals surface area contributed by atoms with E-state index in [2.05, 4.69) is 20.8 Å². The number of alkyl halides is 3. The number of aromatic nitrogens is 1. The molecule has 1 aliphatic rings. The molecule has 1 unspecified atom stereocenters. The number of carboxylic acids is 1. The first-order valence-electron chi connectivity index (χ1n) is 10.5. The molecule has 3 nitrogen and oxygen atoms in total. The van der Waals surface area contributed by atoms with Crippen molar-refractivity contribution in [2.75, 3.05) is 0 Å². The highest BCUT2D eigenvalue weighted by Gasteiger charge is 2.36. The zero-order chi connectivity index (χ0) is 23.3. The third-order valence-corrected chi connectivity index (χ3v) is 6.25. The Labute approximate surface area is 184 Å². The maximum absolute atomic E-state index is 13.6. The van der Waals surface area contributed by atoms with Gasteiger partial charge in [-0.25, -0.2) is 9.78 Å². The second kappa shape index (κ2) is 7.76. The van der Waals surface area contributed by atoms with Crippen molar-refractivity contribution in [3.63, 3.8) is 0 Å². The van der Waals surface area contributed by atoms with Gasteiger partial charge in [0, 0.05) is 5.39 Å². The van der Waals surface area contributed by atoms with Crippen LogP contribution >= 0.6 is 0 Å². The van der Waals surface area contributed by atoms with Crippen LogP contribution in [0.4, 0.5) is 13.2 Å². The molecule has 1 atom stereocenters. The van der Waals surface area contributed by atoms with Crippen LogP contribution in [0, 0.1) is 11.3 Å². The quantitative estimate of drug-likeness (QED) is 0.463. The maximum atomic E-state index is 13.6. The minimum absolute atomic E-state index is 0.0559. The third-order valence-electron chi connectivity index (χ3n) is 6.25. The first-order chi connectivity index (χ1) is 15.0. The highest BCUT2D eigenvalue weighted by molar-refractivity contribution is 6.06. The Hall–Kier alpha value is -3.15. The number of para-hydroxylation sites is 1. The first kappa shape index (κ1) is 22.1. The van der Waals surface area contributed by atoms with Crippen molar-refractivity contribution in [3.8, 4) is 0 Å². The van der Waals surface area contributed by atoms with Gasteiger partial charge in [0.25, 0.3) is 0 Å². The van der Waals surface area contributed by atoms with Crippen LogP contribution in [0.5, 0.6) is 0 Å². The summed E-state index contributed by atoms with van der Waals surface area (Å²) in [5.41, 5.74) is 1.60. The topological polar surface area (TPSA) is 50.2 Å². The Kier molecular flexibility index (Phi) is 5.35. The number of aromatic carboxylic acids is 1. The Balaban J connectivity index is 2.02. The van der Waals surface area contributed by atoms with E-state index in [0.717, 1.165) is 6.07 Å². The van der Waals surface area contributed by atoms with Crippen LogP contribution < -0.4 is 0 Å². The summed E-state index contributed by atoms with van der Waals surface area (Å²) in [6.45, 7) is 6.20. The van der Waals surface area contributed by atoms with Crippen molar-refractivity contribution >= 4 is 28.5 Å². The van der Waals surface area contributed by atoms with Crippen LogP contribution in [0.1, 0.15) is 59.9 Å². The predicted molar refractivity (Wildman–Crippen MR) is 119 cm³/mol. The average molecular weight is 439 g/mol. The Morgan fingerprint density at radius 1 is 1.03 bits per heavy atom. The second-order valence-corrected chi connectivity index (χ2v) is 9.36. The van der Waals surface area contributed by atoms with Gasteiger partial charge >= 0.3 is 12.1 Å². The third kappa shape index (κ3) is 4.01. The summed E-state index contributed by atoms with van der Waals surface area (Å²) in [6, 6.07) is 12.5. The predicted octanol–water partition coefficient (Wildman–Crippen LogP) is 7.10. The number of fused-ring (bicyclic) bond motifs is 2. The largest absolute Gasteiger partial charge is 0.478 e. The molecule has 0 bridgehead atoms. The lowest BCUT2D eigenvalue weighted by Gasteiger charge is -2.36. The van der Waals surface area contributed by atoms with E-state index < -0.39 is 17.7 Å². The Morgan fingerprint density at radius 2 is 1.69 bits per heavy atom. The zero-order valence-electron chi connectivity index (χ0n) is 18.1. The second-order valence-electron chi connectivity index (χ2n) is 9.36. The molecule has 0 amide bonds. The standard InChI is InChI=1S/C26H24F3NO2/c1-25(2,3)17-13-16(12-15-8-4-6-10-20(15)26(27,28)29)23-19(14-17)22(24(31)32)18-9-5-7-11-21(18)30-23/h4-12,17H,13-14H2,1-3H3,(H,31,32). The van der Waals surface area contributed by atoms with E-state index in [1.165, 1.54) is 18.2 Å². The Bertz CT molecular complexity index is 1240. The highest BCUT2D eigenvalue weighted by Crippen LogP contribution is 2.45. The van der Waals surface area contributed by atoms with Crippen LogP contribution in [-0.4, -0.2) is 16.1 Å². The SMILES string of the molecule is CC(C)(C)C1CC(=Cc2ccccc2C(F)(F)F)c2nc3ccccc3c(C(=O)O)c2C1. The molecule has 6 heteroatoms. The molecule has 1 N–H and O–H groups in total. The lowest BCUT2D eigenvalue weighted by molar-refractivity contribution is -0.137. The van der Waals surface area contributed by atoms with Crippen molar-refractivity contribution in [1.29, 1.82) is 0 Å². The molecule has 0 fully saturated rings. The minimum atomic E-state index is -4.49. The number of hydrogen-bond donors (Lipinski definition) is 1. The summed E-state index contributed by atoms with van der Waals surface area (Å²) in [7, 11) is 0. The zero-order valence-corrected chi connectivity index (χ0v) is 18.1. The van der Waals surface area contributed by atoms with Gasteiger partial charge in [0.05, 0.1) is 22.3 Å². The number of hydrogen-bond acceptors (Lipinski definition) is 2. The van der Waals surface area contributed by atoms with Gasteiger partial charge in [-0.1, -0.05) is 57.2 Å². The van der Waals surface area contributed by atoms with Crippen molar-refractivity contribution < 1.29 is 23.1 Å². The van der Waals surface area contributed by atoms with E-state index in [9.17, 15) is 23.1 Å². The van der Waals surface area contributed by atoms with E-state index in [1.807, 2.05) is 0 Å². The molecule has 4 rings (SSSR count). The van der Waals surface area contributed by atoms with Gasteiger partial charge in [-0.2, -0.15) is 13.2 Å². The molecular weight excluding hydrogens is 415 g/mol. The van der Waals surface area contributed by atoms with Gasteiger partial charge in [0.15, 0.2) is 0 Å². The van der Waals surface area contributed by atoms with Gasteiger partial charge < -0.3 is 5.11 Å². The molecule has 0 saturated heterocycles. The average Bonchev–Trinajstić information content (AvgIpc) is 2.70. The van der Waals surface area contributed by atoms with Crippen molar-refractivity contribution in [1.82, 2.24) is 4.98 Å². The number of pyridine rings is 1. The highest BCUT2D eigenvalue weighted by atomic mass is 19.4. The molecule has 0 aliphatic heterocycles. The Morgan fingerprint density at radius 3 is 2.34 bits per heavy atom. The lowest BCUT2D eigenvalue weighted by atomic mass is 9.69. The normalized spacial score (nSPS) is 18.1.